The maximum absolute atomic E-state index is 15.0. The molecule has 0 spiro atoms. The van der Waals surface area contributed by atoms with Crippen LogP contribution in [0.4, 0.5) is 14.9 Å². The third-order valence-electron chi connectivity index (χ3n) is 4.18. The van der Waals surface area contributed by atoms with Gasteiger partial charge in [-0.2, -0.15) is 0 Å². The number of primary amides is 1. The Bertz CT molecular complexity index is 910. The van der Waals surface area contributed by atoms with E-state index in [1.165, 1.54) is 20.8 Å². The number of rotatable bonds is 7. The number of halogens is 1. The largest absolute Gasteiger partial charge is 0.351 e. The Balaban J connectivity index is 2.18. The summed E-state index contributed by atoms with van der Waals surface area (Å²) in [6.07, 6.45) is 0. The molecule has 0 aromatic heterocycles. The van der Waals surface area contributed by atoms with Crippen LogP contribution in [-0.2, 0) is 15.7 Å². The van der Waals surface area contributed by atoms with E-state index in [1.807, 2.05) is 6.07 Å². The fourth-order valence-corrected chi connectivity index (χ4v) is 3.24. The van der Waals surface area contributed by atoms with Gasteiger partial charge in [0.1, 0.15) is 5.67 Å². The molecule has 27 heavy (non-hydrogen) atoms. The molecule has 0 fully saturated rings. The number of anilines is 1. The van der Waals surface area contributed by atoms with Crippen LogP contribution >= 0.6 is 0 Å². The molecule has 0 heterocycles. The molecule has 2 aromatic rings. The van der Waals surface area contributed by atoms with Gasteiger partial charge in [-0.3, -0.25) is 0 Å². The predicted molar refractivity (Wildman–Crippen MR) is 106 cm³/mol. The van der Waals surface area contributed by atoms with Crippen LogP contribution < -0.4 is 15.8 Å². The second-order valence-electron chi connectivity index (χ2n) is 6.76. The van der Waals surface area contributed by atoms with Crippen LogP contribution in [0, 0.1) is 0 Å². The summed E-state index contributed by atoms with van der Waals surface area (Å²) in [6, 6.07) is 13.2. The van der Waals surface area contributed by atoms with Gasteiger partial charge in [-0.15, -0.1) is 0 Å². The number of alkyl halides is 1. The number of nitrogens with two attached hydrogens (primary N) is 1. The molecule has 0 aliphatic heterocycles. The van der Waals surface area contributed by atoms with Crippen molar-refractivity contribution in [3.05, 3.63) is 54.1 Å². The Morgan fingerprint density at radius 2 is 1.78 bits per heavy atom. The van der Waals surface area contributed by atoms with Gasteiger partial charge in [-0.1, -0.05) is 36.4 Å². The highest BCUT2D eigenvalue weighted by Crippen LogP contribution is 2.29. The van der Waals surface area contributed by atoms with E-state index < -0.39 is 27.0 Å². The molecule has 0 aliphatic rings. The van der Waals surface area contributed by atoms with E-state index in [2.05, 4.69) is 10.0 Å². The summed E-state index contributed by atoms with van der Waals surface area (Å²) in [7, 11) is -3.54. The SMILES string of the molecule is CC(C)S(=O)(=O)NCC(C)(F)c1ccc(-c2cccc(NC(N)=O)c2)cc1. The monoisotopic (exact) mass is 393 g/mol. The molecule has 2 amide bonds. The average molecular weight is 393 g/mol. The van der Waals surface area contributed by atoms with E-state index in [4.69, 9.17) is 5.73 Å². The van der Waals surface area contributed by atoms with E-state index in [0.717, 1.165) is 11.1 Å². The summed E-state index contributed by atoms with van der Waals surface area (Å²) in [6.45, 7) is 4.06. The van der Waals surface area contributed by atoms with E-state index in [1.54, 1.807) is 42.5 Å². The maximum atomic E-state index is 15.0. The molecule has 2 aromatic carbocycles. The zero-order chi connectivity index (χ0) is 20.2. The lowest BCUT2D eigenvalue weighted by Crippen LogP contribution is -2.39. The Kier molecular flexibility index (Phi) is 6.22. The molecule has 0 saturated heterocycles. The van der Waals surface area contributed by atoms with Crippen molar-refractivity contribution in [1.82, 2.24) is 4.72 Å². The molecular weight excluding hydrogens is 369 g/mol. The normalized spacial score (nSPS) is 14.0. The smallest absolute Gasteiger partial charge is 0.316 e. The second-order valence-corrected chi connectivity index (χ2v) is 9.08. The van der Waals surface area contributed by atoms with Gasteiger partial charge in [0.25, 0.3) is 0 Å². The Morgan fingerprint density at radius 1 is 1.15 bits per heavy atom. The number of sulfonamides is 1. The predicted octanol–water partition coefficient (Wildman–Crippen LogP) is 3.36. The second kappa shape index (κ2) is 8.06. The van der Waals surface area contributed by atoms with Crippen LogP contribution in [0.3, 0.4) is 0 Å². The highest BCUT2D eigenvalue weighted by Gasteiger charge is 2.28. The molecule has 146 valence electrons. The van der Waals surface area contributed by atoms with Gasteiger partial charge >= 0.3 is 6.03 Å². The van der Waals surface area contributed by atoms with Gasteiger partial charge in [-0.05, 0) is 49.6 Å². The summed E-state index contributed by atoms with van der Waals surface area (Å²) < 4.78 is 41.0. The van der Waals surface area contributed by atoms with Gasteiger partial charge in [0.05, 0.1) is 5.25 Å². The molecule has 6 nitrogen and oxygen atoms in total. The number of nitrogens with one attached hydrogen (secondary N) is 2. The van der Waals surface area contributed by atoms with Crippen molar-refractivity contribution < 1.29 is 17.6 Å². The maximum Gasteiger partial charge on any atom is 0.316 e. The lowest BCUT2D eigenvalue weighted by atomic mass is 9.95. The quantitative estimate of drug-likeness (QED) is 0.672. The molecule has 0 aliphatic carbocycles. The van der Waals surface area contributed by atoms with E-state index >= 15 is 0 Å². The number of amides is 2. The highest BCUT2D eigenvalue weighted by molar-refractivity contribution is 7.90. The van der Waals surface area contributed by atoms with Gasteiger partial charge in [0.15, 0.2) is 0 Å². The van der Waals surface area contributed by atoms with E-state index in [9.17, 15) is 17.6 Å². The van der Waals surface area contributed by atoms with Crippen LogP contribution in [0.15, 0.2) is 48.5 Å². The molecule has 0 saturated carbocycles. The number of hydrogen-bond acceptors (Lipinski definition) is 3. The molecule has 8 heteroatoms. The Hall–Kier alpha value is -2.45. The molecule has 0 radical (unpaired) electrons. The minimum absolute atomic E-state index is 0.342. The summed E-state index contributed by atoms with van der Waals surface area (Å²) in [5, 5.41) is 1.88. The number of carbonyl (C=O) groups is 1. The number of carbonyl (C=O) groups excluding carboxylic acids is 1. The van der Waals surface area contributed by atoms with Gasteiger partial charge in [0.2, 0.25) is 10.0 Å². The summed E-state index contributed by atoms with van der Waals surface area (Å²) in [5.74, 6) is 0. The summed E-state index contributed by atoms with van der Waals surface area (Å²) in [5.41, 5.74) is 5.84. The summed E-state index contributed by atoms with van der Waals surface area (Å²) >= 11 is 0. The van der Waals surface area contributed by atoms with Crippen molar-refractivity contribution in [2.75, 3.05) is 11.9 Å². The average Bonchev–Trinajstić information content (AvgIpc) is 2.60. The van der Waals surface area contributed by atoms with Crippen molar-refractivity contribution >= 4 is 21.7 Å². The minimum atomic E-state index is -3.54. The standard InChI is InChI=1S/C19H24FN3O3S/c1-13(2)27(25,26)22-12-19(3,20)16-9-7-14(8-10-16)15-5-4-6-17(11-15)23-18(21)24/h4-11,13,22H,12H2,1-3H3,(H3,21,23,24). The van der Waals surface area contributed by atoms with Crippen LogP contribution in [0.25, 0.3) is 11.1 Å². The molecule has 0 bridgehead atoms. The third kappa shape index (κ3) is 5.51. The van der Waals surface area contributed by atoms with Gasteiger partial charge < -0.3 is 11.1 Å². The third-order valence-corrected chi connectivity index (χ3v) is 5.96. The van der Waals surface area contributed by atoms with Crippen LogP contribution in [0.5, 0.6) is 0 Å². The molecule has 2 rings (SSSR count). The number of hydrogen-bond donors (Lipinski definition) is 3. The Labute approximate surface area is 159 Å². The van der Waals surface area contributed by atoms with Crippen molar-refractivity contribution in [3.63, 3.8) is 0 Å². The van der Waals surface area contributed by atoms with Crippen molar-refractivity contribution in [2.45, 2.75) is 31.7 Å². The first-order valence-corrected chi connectivity index (χ1v) is 10.0. The number of urea groups is 1. The Morgan fingerprint density at radius 3 is 2.33 bits per heavy atom. The van der Waals surface area contributed by atoms with Gasteiger partial charge in [-0.25, -0.2) is 22.3 Å². The lowest BCUT2D eigenvalue weighted by Gasteiger charge is -2.22. The molecule has 1 atom stereocenters. The zero-order valence-corrected chi connectivity index (χ0v) is 16.3. The molecular formula is C19H24FN3O3S. The van der Waals surface area contributed by atoms with Crippen molar-refractivity contribution in [3.8, 4) is 11.1 Å². The highest BCUT2D eigenvalue weighted by atomic mass is 32.2. The van der Waals surface area contributed by atoms with Gasteiger partial charge in [0, 0.05) is 12.2 Å². The van der Waals surface area contributed by atoms with Crippen LogP contribution in [-0.4, -0.2) is 26.2 Å². The van der Waals surface area contributed by atoms with E-state index in [-0.39, 0.29) is 6.54 Å². The minimum Gasteiger partial charge on any atom is -0.351 e. The first kappa shape index (κ1) is 20.9. The topological polar surface area (TPSA) is 101 Å². The zero-order valence-electron chi connectivity index (χ0n) is 15.5. The molecule has 1 unspecified atom stereocenters. The van der Waals surface area contributed by atoms with Crippen LogP contribution in [0.2, 0.25) is 0 Å². The van der Waals surface area contributed by atoms with Crippen LogP contribution in [0.1, 0.15) is 26.3 Å². The van der Waals surface area contributed by atoms with Crippen molar-refractivity contribution in [2.24, 2.45) is 5.73 Å². The fraction of sp³-hybridized carbons (Fsp3) is 0.316. The number of benzene rings is 2. The van der Waals surface area contributed by atoms with Crippen molar-refractivity contribution in [1.29, 1.82) is 0 Å². The molecule has 4 N–H and O–H groups in total. The first-order valence-electron chi connectivity index (χ1n) is 8.46. The fourth-order valence-electron chi connectivity index (χ4n) is 2.43. The first-order chi connectivity index (χ1) is 12.5. The lowest BCUT2D eigenvalue weighted by molar-refractivity contribution is 0.196. The van der Waals surface area contributed by atoms with E-state index in [0.29, 0.717) is 11.3 Å². The summed E-state index contributed by atoms with van der Waals surface area (Å²) in [4.78, 5) is 11.0.